The first kappa shape index (κ1) is 32.4. The summed E-state index contributed by atoms with van der Waals surface area (Å²) in [6, 6.07) is 17.4. The van der Waals surface area contributed by atoms with Gasteiger partial charge in [0.2, 0.25) is 11.8 Å². The Morgan fingerprint density at radius 1 is 0.878 bits per heavy atom. The molecule has 2 unspecified atom stereocenters. The van der Waals surface area contributed by atoms with E-state index in [9.17, 15) is 18.0 Å². The normalized spacial score (nSPS) is 12.9. The zero-order valence-electron chi connectivity index (χ0n) is 24.0. The molecule has 0 spiro atoms. The van der Waals surface area contributed by atoms with Gasteiger partial charge in [0.15, 0.2) is 0 Å². The van der Waals surface area contributed by atoms with Crippen LogP contribution in [0.3, 0.4) is 0 Å². The summed E-state index contributed by atoms with van der Waals surface area (Å²) in [5.74, 6) is -0.809. The van der Waals surface area contributed by atoms with Gasteiger partial charge in [-0.1, -0.05) is 66.9 Å². The lowest BCUT2D eigenvalue weighted by atomic mass is 10.1. The Balaban J connectivity index is 2.09. The Bertz CT molecular complexity index is 1460. The van der Waals surface area contributed by atoms with Crippen LogP contribution in [0, 0.1) is 13.8 Å². The predicted octanol–water partition coefficient (Wildman–Crippen LogP) is 6.53. The minimum Gasteiger partial charge on any atom is -0.352 e. The molecule has 220 valence electrons. The summed E-state index contributed by atoms with van der Waals surface area (Å²) in [7, 11) is -4.16. The fourth-order valence-electron chi connectivity index (χ4n) is 4.40. The van der Waals surface area contributed by atoms with Crippen molar-refractivity contribution in [3.8, 4) is 0 Å². The quantitative estimate of drug-likeness (QED) is 0.250. The number of anilines is 1. The Morgan fingerprint density at radius 2 is 1.49 bits per heavy atom. The maximum atomic E-state index is 14.2. The fraction of sp³-hybridized carbons (Fsp3) is 0.355. The molecule has 3 aromatic carbocycles. The first-order valence-corrected chi connectivity index (χ1v) is 15.8. The first-order valence-electron chi connectivity index (χ1n) is 13.6. The lowest BCUT2D eigenvalue weighted by Gasteiger charge is -2.34. The third-order valence-electron chi connectivity index (χ3n) is 6.97. The highest BCUT2D eigenvalue weighted by atomic mass is 35.5. The van der Waals surface area contributed by atoms with Crippen molar-refractivity contribution in [3.05, 3.63) is 93.5 Å². The molecular formula is C31H37Cl2N3O4S. The van der Waals surface area contributed by atoms with Crippen LogP contribution in [0.2, 0.25) is 10.0 Å². The van der Waals surface area contributed by atoms with E-state index >= 15 is 0 Å². The average molecular weight is 619 g/mol. The van der Waals surface area contributed by atoms with Crippen LogP contribution in [0.5, 0.6) is 0 Å². The highest BCUT2D eigenvalue weighted by Gasteiger charge is 2.34. The summed E-state index contributed by atoms with van der Waals surface area (Å²) in [6.07, 6.45) is 1.07. The highest BCUT2D eigenvalue weighted by molar-refractivity contribution is 7.92. The summed E-state index contributed by atoms with van der Waals surface area (Å²) in [5.41, 5.74) is 2.58. The molecule has 10 heteroatoms. The van der Waals surface area contributed by atoms with Crippen LogP contribution in [0.15, 0.2) is 71.6 Å². The summed E-state index contributed by atoms with van der Waals surface area (Å²) in [6.45, 7) is 8.88. The predicted molar refractivity (Wildman–Crippen MR) is 166 cm³/mol. The molecule has 0 aliphatic rings. The number of carbonyl (C=O) groups is 2. The lowest BCUT2D eigenvalue weighted by molar-refractivity contribution is -0.140. The molecule has 0 aliphatic carbocycles. The van der Waals surface area contributed by atoms with Crippen molar-refractivity contribution in [1.29, 1.82) is 0 Å². The Kier molecular flexibility index (Phi) is 11.2. The van der Waals surface area contributed by atoms with Gasteiger partial charge in [-0.15, -0.1) is 0 Å². The third-order valence-corrected chi connectivity index (χ3v) is 9.23. The fourth-order valence-corrected chi connectivity index (χ4v) is 6.23. The summed E-state index contributed by atoms with van der Waals surface area (Å²) in [5, 5.41) is 3.96. The summed E-state index contributed by atoms with van der Waals surface area (Å²) < 4.78 is 29.1. The van der Waals surface area contributed by atoms with E-state index in [0.29, 0.717) is 27.7 Å². The zero-order chi connectivity index (χ0) is 30.3. The van der Waals surface area contributed by atoms with Gasteiger partial charge in [-0.05, 0) is 87.2 Å². The van der Waals surface area contributed by atoms with Crippen molar-refractivity contribution < 1.29 is 18.0 Å². The second-order valence-corrected chi connectivity index (χ2v) is 12.9. The van der Waals surface area contributed by atoms with E-state index < -0.39 is 28.5 Å². The van der Waals surface area contributed by atoms with Crippen LogP contribution in [-0.4, -0.2) is 43.8 Å². The Morgan fingerprint density at radius 3 is 2.05 bits per heavy atom. The van der Waals surface area contributed by atoms with Crippen molar-refractivity contribution in [1.82, 2.24) is 10.2 Å². The zero-order valence-corrected chi connectivity index (χ0v) is 26.4. The largest absolute Gasteiger partial charge is 0.352 e. The van der Waals surface area contributed by atoms with Gasteiger partial charge in [-0.2, -0.15) is 0 Å². The molecule has 0 radical (unpaired) electrons. The molecule has 2 amide bonds. The number of carbonyl (C=O) groups excluding carboxylic acids is 2. The lowest BCUT2D eigenvalue weighted by Crippen LogP contribution is -2.53. The SMILES string of the molecule is CCC(C)NC(=O)C(CC)N(Cc1ccc(Cl)cc1)C(=O)CN(c1ccc(Cl)cc1C)S(=O)(=O)c1ccc(C)cc1. The highest BCUT2D eigenvalue weighted by Crippen LogP contribution is 2.30. The molecule has 41 heavy (non-hydrogen) atoms. The smallest absolute Gasteiger partial charge is 0.264 e. The number of nitrogens with zero attached hydrogens (tertiary/aromatic N) is 2. The van der Waals surface area contributed by atoms with Gasteiger partial charge in [0.1, 0.15) is 12.6 Å². The molecule has 0 heterocycles. The summed E-state index contributed by atoms with van der Waals surface area (Å²) >= 11 is 12.3. The van der Waals surface area contributed by atoms with Crippen molar-refractivity contribution in [2.45, 2.75) is 71.0 Å². The number of benzene rings is 3. The maximum Gasteiger partial charge on any atom is 0.264 e. The van der Waals surface area contributed by atoms with Gasteiger partial charge < -0.3 is 10.2 Å². The van der Waals surface area contributed by atoms with Gasteiger partial charge in [0, 0.05) is 22.6 Å². The van der Waals surface area contributed by atoms with Crippen LogP contribution in [-0.2, 0) is 26.2 Å². The van der Waals surface area contributed by atoms with Crippen molar-refractivity contribution in [2.75, 3.05) is 10.8 Å². The third kappa shape index (κ3) is 8.24. The van der Waals surface area contributed by atoms with E-state index in [2.05, 4.69) is 5.32 Å². The molecule has 0 bridgehead atoms. The number of rotatable bonds is 12. The second-order valence-electron chi connectivity index (χ2n) is 10.1. The number of nitrogens with one attached hydrogen (secondary N) is 1. The molecule has 0 fully saturated rings. The monoisotopic (exact) mass is 617 g/mol. The molecule has 0 aliphatic heterocycles. The molecule has 0 saturated heterocycles. The first-order chi connectivity index (χ1) is 19.4. The van der Waals surface area contributed by atoms with E-state index in [1.165, 1.54) is 17.0 Å². The molecule has 1 N–H and O–H groups in total. The Hall–Kier alpha value is -3.07. The molecule has 0 saturated carbocycles. The molecule has 3 rings (SSSR count). The van der Waals surface area contributed by atoms with Crippen LogP contribution in [0.1, 0.15) is 50.3 Å². The molecule has 7 nitrogen and oxygen atoms in total. The van der Waals surface area contributed by atoms with Gasteiger partial charge in [-0.25, -0.2) is 8.42 Å². The number of amides is 2. The molecule has 2 atom stereocenters. The summed E-state index contributed by atoms with van der Waals surface area (Å²) in [4.78, 5) is 29.0. The second kappa shape index (κ2) is 14.2. The van der Waals surface area contributed by atoms with Crippen LogP contribution in [0.4, 0.5) is 5.69 Å². The number of halogens is 2. The van der Waals surface area contributed by atoms with Gasteiger partial charge in [0.05, 0.1) is 10.6 Å². The molecular weight excluding hydrogens is 581 g/mol. The van der Waals surface area contributed by atoms with Crippen LogP contribution >= 0.6 is 23.2 Å². The van der Waals surface area contributed by atoms with E-state index in [4.69, 9.17) is 23.2 Å². The van der Waals surface area contributed by atoms with E-state index in [-0.39, 0.29) is 23.4 Å². The number of hydrogen-bond acceptors (Lipinski definition) is 4. The van der Waals surface area contributed by atoms with E-state index in [0.717, 1.165) is 21.9 Å². The van der Waals surface area contributed by atoms with E-state index in [1.807, 2.05) is 27.7 Å². The number of sulfonamides is 1. The minimum atomic E-state index is -4.16. The number of aryl methyl sites for hydroxylation is 2. The van der Waals surface area contributed by atoms with E-state index in [1.54, 1.807) is 61.5 Å². The van der Waals surface area contributed by atoms with Crippen molar-refractivity contribution in [2.24, 2.45) is 0 Å². The van der Waals surface area contributed by atoms with Crippen LogP contribution < -0.4 is 9.62 Å². The van der Waals surface area contributed by atoms with Gasteiger partial charge in [0.25, 0.3) is 10.0 Å². The van der Waals surface area contributed by atoms with Gasteiger partial charge in [-0.3, -0.25) is 13.9 Å². The Labute approximate surface area is 253 Å². The minimum absolute atomic E-state index is 0.0519. The molecule has 3 aromatic rings. The van der Waals surface area contributed by atoms with Crippen molar-refractivity contribution in [3.63, 3.8) is 0 Å². The van der Waals surface area contributed by atoms with Gasteiger partial charge >= 0.3 is 0 Å². The number of hydrogen-bond donors (Lipinski definition) is 1. The van der Waals surface area contributed by atoms with Crippen molar-refractivity contribution >= 4 is 50.7 Å². The topological polar surface area (TPSA) is 86.8 Å². The average Bonchev–Trinajstić information content (AvgIpc) is 2.93. The van der Waals surface area contributed by atoms with Crippen LogP contribution in [0.25, 0.3) is 0 Å². The molecule has 0 aromatic heterocycles. The standard InChI is InChI=1S/C31H37Cl2N3O4S/c1-6-23(5)34-31(38)28(7-2)35(19-24-10-12-25(32)13-11-24)30(37)20-36(29-17-14-26(33)18-22(29)4)41(39,40)27-15-8-21(3)9-16-27/h8-18,23,28H,6-7,19-20H2,1-5H3,(H,34,38). The maximum absolute atomic E-state index is 14.2.